The Kier molecular flexibility index (Phi) is 9.61. The molecule has 1 atom stereocenters. The molecule has 0 unspecified atom stereocenters. The lowest BCUT2D eigenvalue weighted by Crippen LogP contribution is -2.51. The van der Waals surface area contributed by atoms with Crippen LogP contribution in [0.4, 0.5) is 11.4 Å². The van der Waals surface area contributed by atoms with E-state index in [-0.39, 0.29) is 17.9 Å². The van der Waals surface area contributed by atoms with Crippen molar-refractivity contribution in [2.45, 2.75) is 39.8 Å². The summed E-state index contributed by atoms with van der Waals surface area (Å²) in [5, 5.41) is 14.4. The molecule has 0 saturated heterocycles. The largest absolute Gasteiger partial charge is 0.354 e. The van der Waals surface area contributed by atoms with E-state index in [4.69, 9.17) is 11.6 Å². The lowest BCUT2D eigenvalue weighted by atomic mass is 10.1. The van der Waals surface area contributed by atoms with E-state index in [1.165, 1.54) is 17.0 Å². The summed E-state index contributed by atoms with van der Waals surface area (Å²) in [7, 11) is -4.02. The molecule has 10 nitrogen and oxygen atoms in total. The zero-order valence-electron chi connectivity index (χ0n) is 20.0. The monoisotopic (exact) mass is 524 g/mol. The average molecular weight is 525 g/mol. The van der Waals surface area contributed by atoms with Crippen LogP contribution in [0.2, 0.25) is 5.02 Å². The molecular formula is C23H29ClN4O6S. The number of benzene rings is 2. The third-order valence-electron chi connectivity index (χ3n) is 5.37. The zero-order chi connectivity index (χ0) is 26.3. The molecular weight excluding hydrogens is 496 g/mol. The van der Waals surface area contributed by atoms with Crippen molar-refractivity contribution in [2.24, 2.45) is 0 Å². The normalized spacial score (nSPS) is 12.0. The number of sulfonamides is 1. The molecule has 12 heteroatoms. The number of anilines is 1. The van der Waals surface area contributed by atoms with Crippen LogP contribution in [0, 0.1) is 17.0 Å². The first-order valence-electron chi connectivity index (χ1n) is 10.9. The van der Waals surface area contributed by atoms with E-state index in [1.807, 2.05) is 6.92 Å². The Bertz CT molecular complexity index is 1200. The first-order chi connectivity index (χ1) is 16.4. The van der Waals surface area contributed by atoms with Gasteiger partial charge >= 0.3 is 0 Å². The number of rotatable bonds is 11. The van der Waals surface area contributed by atoms with Gasteiger partial charge in [-0.25, -0.2) is 8.42 Å². The molecule has 0 fully saturated rings. The van der Waals surface area contributed by atoms with Gasteiger partial charge in [-0.1, -0.05) is 42.8 Å². The van der Waals surface area contributed by atoms with Gasteiger partial charge in [-0.05, 0) is 37.5 Å². The van der Waals surface area contributed by atoms with Crippen LogP contribution in [0.1, 0.15) is 31.4 Å². The SMILES string of the molecule is CCCNC(=O)[C@H](C)N(Cc1ccccc1Cl)C(=O)CN(c1cc([N+](=O)[O-])ccc1C)S(C)(=O)=O. The number of carbonyl (C=O) groups excluding carboxylic acids is 2. The van der Waals surface area contributed by atoms with E-state index in [0.29, 0.717) is 29.1 Å². The van der Waals surface area contributed by atoms with Gasteiger partial charge in [0.25, 0.3) is 5.69 Å². The minimum absolute atomic E-state index is 0.0100. The Morgan fingerprint density at radius 1 is 1.20 bits per heavy atom. The Morgan fingerprint density at radius 2 is 1.86 bits per heavy atom. The van der Waals surface area contributed by atoms with E-state index < -0.39 is 39.3 Å². The zero-order valence-corrected chi connectivity index (χ0v) is 21.6. The quantitative estimate of drug-likeness (QED) is 0.354. The molecule has 2 amide bonds. The van der Waals surface area contributed by atoms with Crippen LogP contribution in [0.5, 0.6) is 0 Å². The molecule has 2 aromatic rings. The molecule has 0 aliphatic carbocycles. The van der Waals surface area contributed by atoms with Crippen LogP contribution >= 0.6 is 11.6 Å². The molecule has 0 saturated carbocycles. The van der Waals surface area contributed by atoms with E-state index in [0.717, 1.165) is 16.6 Å². The number of carbonyl (C=O) groups is 2. The molecule has 0 spiro atoms. The van der Waals surface area contributed by atoms with Crippen LogP contribution < -0.4 is 9.62 Å². The van der Waals surface area contributed by atoms with Crippen LogP contribution in [0.15, 0.2) is 42.5 Å². The number of nitrogens with one attached hydrogen (secondary N) is 1. The average Bonchev–Trinajstić information content (AvgIpc) is 2.79. The van der Waals surface area contributed by atoms with Crippen molar-refractivity contribution in [3.8, 4) is 0 Å². The van der Waals surface area contributed by atoms with Crippen molar-refractivity contribution in [1.82, 2.24) is 10.2 Å². The summed E-state index contributed by atoms with van der Waals surface area (Å²) in [6, 6.07) is 9.67. The minimum Gasteiger partial charge on any atom is -0.354 e. The third-order valence-corrected chi connectivity index (χ3v) is 6.86. The summed E-state index contributed by atoms with van der Waals surface area (Å²) in [4.78, 5) is 38.1. The van der Waals surface area contributed by atoms with Crippen LogP contribution in [-0.4, -0.2) is 55.4 Å². The lowest BCUT2D eigenvalue weighted by Gasteiger charge is -2.32. The van der Waals surface area contributed by atoms with Crippen molar-refractivity contribution in [1.29, 1.82) is 0 Å². The number of hydrogen-bond donors (Lipinski definition) is 1. The maximum absolute atomic E-state index is 13.5. The second kappa shape index (κ2) is 12.0. The highest BCUT2D eigenvalue weighted by atomic mass is 35.5. The molecule has 0 bridgehead atoms. The summed E-state index contributed by atoms with van der Waals surface area (Å²) in [6.45, 7) is 4.75. The van der Waals surface area contributed by atoms with Crippen LogP contribution in [0.25, 0.3) is 0 Å². The molecule has 0 aliphatic heterocycles. The van der Waals surface area contributed by atoms with Gasteiger partial charge in [0.2, 0.25) is 21.8 Å². The number of amides is 2. The van der Waals surface area contributed by atoms with Crippen molar-refractivity contribution >= 4 is 44.8 Å². The van der Waals surface area contributed by atoms with E-state index in [2.05, 4.69) is 5.32 Å². The summed E-state index contributed by atoms with van der Waals surface area (Å²) in [5.41, 5.74) is 0.707. The number of nitro benzene ring substituents is 1. The predicted molar refractivity (Wildman–Crippen MR) is 135 cm³/mol. The predicted octanol–water partition coefficient (Wildman–Crippen LogP) is 3.27. The van der Waals surface area contributed by atoms with Crippen molar-refractivity contribution in [3.05, 3.63) is 68.7 Å². The number of aryl methyl sites for hydroxylation is 1. The maximum atomic E-state index is 13.5. The standard InChI is InChI=1S/C23H29ClN4O6S/c1-5-12-25-23(30)17(3)26(14-18-8-6-7-9-20(18)24)22(29)15-27(35(4,33)34)21-13-19(28(31)32)11-10-16(21)2/h6-11,13,17H,5,12,14-15H2,1-4H3,(H,25,30)/t17-/m0/s1. The molecule has 2 aromatic carbocycles. The Balaban J connectivity index is 2.48. The molecule has 1 N–H and O–H groups in total. The third kappa shape index (κ3) is 7.40. The second-order valence-electron chi connectivity index (χ2n) is 8.08. The van der Waals surface area contributed by atoms with E-state index in [1.54, 1.807) is 38.1 Å². The van der Waals surface area contributed by atoms with Crippen molar-refractivity contribution < 1.29 is 22.9 Å². The van der Waals surface area contributed by atoms with Gasteiger partial charge < -0.3 is 10.2 Å². The Morgan fingerprint density at radius 3 is 2.43 bits per heavy atom. The summed E-state index contributed by atoms with van der Waals surface area (Å²) in [6.07, 6.45) is 1.61. The number of hydrogen-bond acceptors (Lipinski definition) is 6. The fourth-order valence-electron chi connectivity index (χ4n) is 3.36. The maximum Gasteiger partial charge on any atom is 0.271 e. The lowest BCUT2D eigenvalue weighted by molar-refractivity contribution is -0.384. The summed E-state index contributed by atoms with van der Waals surface area (Å²) < 4.78 is 26.1. The molecule has 35 heavy (non-hydrogen) atoms. The number of halogens is 1. The van der Waals surface area contributed by atoms with Crippen LogP contribution in [-0.2, 0) is 26.2 Å². The van der Waals surface area contributed by atoms with E-state index in [9.17, 15) is 28.1 Å². The highest BCUT2D eigenvalue weighted by molar-refractivity contribution is 7.92. The van der Waals surface area contributed by atoms with Gasteiger partial charge in [-0.2, -0.15) is 0 Å². The molecule has 0 aliphatic rings. The number of nitrogens with zero attached hydrogens (tertiary/aromatic N) is 3. The van der Waals surface area contributed by atoms with E-state index >= 15 is 0 Å². The molecule has 190 valence electrons. The molecule has 2 rings (SSSR count). The first-order valence-corrected chi connectivity index (χ1v) is 13.1. The minimum atomic E-state index is -4.02. The Hall–Kier alpha value is -3.18. The highest BCUT2D eigenvalue weighted by Crippen LogP contribution is 2.28. The van der Waals surface area contributed by atoms with Gasteiger partial charge in [0.05, 0.1) is 16.9 Å². The van der Waals surface area contributed by atoms with Gasteiger partial charge in [0, 0.05) is 30.2 Å². The number of non-ortho nitro benzene ring substituents is 1. The van der Waals surface area contributed by atoms with Crippen LogP contribution in [0.3, 0.4) is 0 Å². The summed E-state index contributed by atoms with van der Waals surface area (Å²) >= 11 is 6.27. The van der Waals surface area contributed by atoms with Gasteiger partial charge in [-0.15, -0.1) is 0 Å². The van der Waals surface area contributed by atoms with Gasteiger partial charge in [-0.3, -0.25) is 24.0 Å². The van der Waals surface area contributed by atoms with Crippen molar-refractivity contribution in [2.75, 3.05) is 23.7 Å². The van der Waals surface area contributed by atoms with Gasteiger partial charge in [0.1, 0.15) is 12.6 Å². The van der Waals surface area contributed by atoms with Crippen molar-refractivity contribution in [3.63, 3.8) is 0 Å². The number of nitro groups is 1. The Labute approximate surface area is 210 Å². The molecule has 0 radical (unpaired) electrons. The molecule has 0 aromatic heterocycles. The second-order valence-corrected chi connectivity index (χ2v) is 10.4. The molecule has 0 heterocycles. The highest BCUT2D eigenvalue weighted by Gasteiger charge is 2.31. The van der Waals surface area contributed by atoms with Gasteiger partial charge in [0.15, 0.2) is 0 Å². The topological polar surface area (TPSA) is 130 Å². The fourth-order valence-corrected chi connectivity index (χ4v) is 4.46. The smallest absolute Gasteiger partial charge is 0.271 e. The first kappa shape index (κ1) is 28.1. The fraction of sp³-hybridized carbons (Fsp3) is 0.391. The summed E-state index contributed by atoms with van der Waals surface area (Å²) in [5.74, 6) is -1.06.